The molecule has 5 rings (SSSR count). The van der Waals surface area contributed by atoms with Crippen LogP contribution in [-0.2, 0) is 11.2 Å². The molecule has 0 unspecified atom stereocenters. The lowest BCUT2D eigenvalue weighted by atomic mass is 10.0. The summed E-state index contributed by atoms with van der Waals surface area (Å²) < 4.78 is 6.42. The number of nitrogens with zero attached hydrogens (tertiary/aromatic N) is 2. The Kier molecular flexibility index (Phi) is 7.77. The fourth-order valence-electron chi connectivity index (χ4n) is 4.87. The highest BCUT2D eigenvalue weighted by molar-refractivity contribution is 7.80. The van der Waals surface area contributed by atoms with Gasteiger partial charge in [0.2, 0.25) is 5.91 Å². The number of hydrogen-bond donors (Lipinski definition) is 2. The lowest BCUT2D eigenvalue weighted by Crippen LogP contribution is -2.32. The second-order valence-electron chi connectivity index (χ2n) is 9.24. The van der Waals surface area contributed by atoms with Crippen LogP contribution >= 0.6 is 23.8 Å². The highest BCUT2D eigenvalue weighted by Crippen LogP contribution is 2.41. The summed E-state index contributed by atoms with van der Waals surface area (Å²) in [6, 6.07) is 22.9. The molecule has 1 saturated heterocycles. The van der Waals surface area contributed by atoms with Gasteiger partial charge in [0.05, 0.1) is 11.7 Å². The molecule has 0 spiro atoms. The van der Waals surface area contributed by atoms with Crippen molar-refractivity contribution in [1.82, 2.24) is 15.2 Å². The second kappa shape index (κ2) is 11.4. The Morgan fingerprint density at radius 1 is 1.11 bits per heavy atom. The number of para-hydroxylation sites is 1. The van der Waals surface area contributed by atoms with Crippen LogP contribution in [-0.4, -0.2) is 27.4 Å². The minimum absolute atomic E-state index is 0.0663. The third kappa shape index (κ3) is 5.30. The number of halogens is 1. The van der Waals surface area contributed by atoms with Gasteiger partial charge in [0, 0.05) is 35.4 Å². The first-order chi connectivity index (χ1) is 18.5. The van der Waals surface area contributed by atoms with Gasteiger partial charge < -0.3 is 20.0 Å². The fraction of sp³-hybridized carbons (Fsp3) is 0.233. The number of carbonyl (C=O) groups excluding carboxylic acids is 1. The molecule has 1 aliphatic heterocycles. The van der Waals surface area contributed by atoms with Crippen molar-refractivity contribution in [3.05, 3.63) is 107 Å². The zero-order valence-electron chi connectivity index (χ0n) is 21.3. The Morgan fingerprint density at radius 2 is 1.92 bits per heavy atom. The van der Waals surface area contributed by atoms with Crippen LogP contribution in [0.2, 0.25) is 5.02 Å². The molecule has 194 valence electrons. The van der Waals surface area contributed by atoms with E-state index in [4.69, 9.17) is 28.2 Å². The van der Waals surface area contributed by atoms with Crippen molar-refractivity contribution in [2.24, 2.45) is 0 Å². The van der Waals surface area contributed by atoms with Gasteiger partial charge in [-0.1, -0.05) is 54.9 Å². The number of amides is 1. The van der Waals surface area contributed by atoms with Gasteiger partial charge >= 0.3 is 0 Å². The normalized spacial score (nSPS) is 16.9. The predicted molar refractivity (Wildman–Crippen MR) is 155 cm³/mol. The number of rotatable bonds is 8. The molecule has 0 bridgehead atoms. The van der Waals surface area contributed by atoms with Crippen molar-refractivity contribution in [2.75, 3.05) is 11.9 Å². The van der Waals surface area contributed by atoms with Crippen molar-refractivity contribution in [2.45, 2.75) is 38.8 Å². The Morgan fingerprint density at radius 3 is 2.71 bits per heavy atom. The summed E-state index contributed by atoms with van der Waals surface area (Å²) in [6.07, 6.45) is 2.88. The maximum atomic E-state index is 12.9. The number of hydrogen-bond acceptors (Lipinski definition) is 4. The second-order valence-corrected chi connectivity index (χ2v) is 10.0. The fourth-order valence-corrected chi connectivity index (χ4v) is 5.38. The number of nitrogens with one attached hydrogen (secondary N) is 2. The van der Waals surface area contributed by atoms with Crippen LogP contribution in [0.1, 0.15) is 48.0 Å². The lowest BCUT2D eigenvalue weighted by Gasteiger charge is -2.26. The number of carbonyl (C=O) groups is 1. The zero-order valence-corrected chi connectivity index (χ0v) is 22.9. The highest BCUT2D eigenvalue weighted by Gasteiger charge is 2.41. The summed E-state index contributed by atoms with van der Waals surface area (Å²) in [4.78, 5) is 19.5. The molecule has 1 fully saturated rings. The van der Waals surface area contributed by atoms with Crippen molar-refractivity contribution in [1.29, 1.82) is 0 Å². The standard InChI is InChI=1S/C30H29ClN4O2S/c1-3-20-9-4-5-12-23(20)33-27(36)16-18-35-29(28(34-30(35)38)24-13-6-7-17-32-24)26-15-14-25(37-26)21-10-8-11-22(31)19(21)2/h4-15,17,28-29H,3,16,18H2,1-2H3,(H,33,36)(H,34,38)/t28-,29+/m0/s1. The summed E-state index contributed by atoms with van der Waals surface area (Å²) in [5.41, 5.74) is 4.69. The van der Waals surface area contributed by atoms with E-state index in [9.17, 15) is 4.79 Å². The van der Waals surface area contributed by atoms with Gasteiger partial charge in [0.25, 0.3) is 0 Å². The van der Waals surface area contributed by atoms with E-state index in [-0.39, 0.29) is 24.4 Å². The molecule has 2 N–H and O–H groups in total. The molecule has 4 aromatic rings. The molecular weight excluding hydrogens is 516 g/mol. The first kappa shape index (κ1) is 25.9. The molecule has 0 saturated carbocycles. The predicted octanol–water partition coefficient (Wildman–Crippen LogP) is 6.87. The van der Waals surface area contributed by atoms with Gasteiger partial charge in [-0.2, -0.15) is 0 Å². The lowest BCUT2D eigenvalue weighted by molar-refractivity contribution is -0.116. The van der Waals surface area contributed by atoms with Crippen LogP contribution in [0.25, 0.3) is 11.3 Å². The molecule has 2 atom stereocenters. The van der Waals surface area contributed by atoms with Gasteiger partial charge in [-0.3, -0.25) is 9.78 Å². The summed E-state index contributed by atoms with van der Waals surface area (Å²) in [6.45, 7) is 4.47. The molecule has 1 aliphatic rings. The monoisotopic (exact) mass is 544 g/mol. The van der Waals surface area contributed by atoms with Gasteiger partial charge in [-0.25, -0.2) is 0 Å². The van der Waals surface area contributed by atoms with Crippen LogP contribution in [0.15, 0.2) is 83.4 Å². The van der Waals surface area contributed by atoms with E-state index < -0.39 is 0 Å². The SMILES string of the molecule is CCc1ccccc1NC(=O)CCN1C(=S)N[C@@H](c2ccccn2)[C@H]1c1ccc(-c2cccc(Cl)c2C)o1. The van der Waals surface area contributed by atoms with Crippen LogP contribution in [0.4, 0.5) is 5.69 Å². The maximum Gasteiger partial charge on any atom is 0.226 e. The van der Waals surface area contributed by atoms with E-state index in [2.05, 4.69) is 22.5 Å². The van der Waals surface area contributed by atoms with Crippen molar-refractivity contribution >= 4 is 40.5 Å². The zero-order chi connectivity index (χ0) is 26.6. The average molecular weight is 545 g/mol. The van der Waals surface area contributed by atoms with Gasteiger partial charge in [-0.15, -0.1) is 0 Å². The van der Waals surface area contributed by atoms with Gasteiger partial charge in [0.1, 0.15) is 17.6 Å². The Bertz CT molecular complexity index is 1460. The van der Waals surface area contributed by atoms with E-state index in [1.165, 1.54) is 0 Å². The molecule has 38 heavy (non-hydrogen) atoms. The summed E-state index contributed by atoms with van der Waals surface area (Å²) in [7, 11) is 0. The Hall–Kier alpha value is -3.68. The molecule has 0 aliphatic carbocycles. The number of aryl methyl sites for hydroxylation is 1. The minimum atomic E-state index is -0.277. The third-order valence-corrected chi connectivity index (χ3v) is 7.66. The number of furan rings is 1. The van der Waals surface area contributed by atoms with Crippen molar-refractivity contribution in [3.8, 4) is 11.3 Å². The van der Waals surface area contributed by atoms with Crippen LogP contribution in [0, 0.1) is 6.92 Å². The van der Waals surface area contributed by atoms with E-state index in [1.807, 2.05) is 84.6 Å². The third-order valence-electron chi connectivity index (χ3n) is 6.90. The number of thiocarbonyl (C=S) groups is 1. The van der Waals surface area contributed by atoms with Gasteiger partial charge in [0.15, 0.2) is 5.11 Å². The van der Waals surface area contributed by atoms with E-state index in [1.54, 1.807) is 6.20 Å². The quantitative estimate of drug-likeness (QED) is 0.236. The van der Waals surface area contributed by atoms with Crippen LogP contribution < -0.4 is 10.6 Å². The Labute approximate surface area is 233 Å². The van der Waals surface area contributed by atoms with Gasteiger partial charge in [-0.05, 0) is 73.1 Å². The molecule has 2 aromatic heterocycles. The topological polar surface area (TPSA) is 70.4 Å². The molecule has 1 amide bonds. The molecule has 0 radical (unpaired) electrons. The number of benzene rings is 2. The molecule has 3 heterocycles. The summed E-state index contributed by atoms with van der Waals surface area (Å²) in [5, 5.41) is 7.72. The van der Waals surface area contributed by atoms with E-state index in [0.717, 1.165) is 46.0 Å². The average Bonchev–Trinajstić information content (AvgIpc) is 3.54. The minimum Gasteiger partial charge on any atom is -0.459 e. The smallest absolute Gasteiger partial charge is 0.226 e. The molecule has 6 nitrogen and oxygen atoms in total. The summed E-state index contributed by atoms with van der Waals surface area (Å²) in [5.74, 6) is 1.40. The maximum absolute atomic E-state index is 12.9. The number of anilines is 1. The van der Waals surface area contributed by atoms with Crippen molar-refractivity contribution in [3.63, 3.8) is 0 Å². The van der Waals surface area contributed by atoms with Crippen LogP contribution in [0.3, 0.4) is 0 Å². The molecule has 8 heteroatoms. The summed E-state index contributed by atoms with van der Waals surface area (Å²) >= 11 is 12.1. The van der Waals surface area contributed by atoms with Crippen molar-refractivity contribution < 1.29 is 9.21 Å². The van der Waals surface area contributed by atoms with E-state index >= 15 is 0 Å². The first-order valence-electron chi connectivity index (χ1n) is 12.7. The molecule has 2 aromatic carbocycles. The van der Waals surface area contributed by atoms with Crippen LogP contribution in [0.5, 0.6) is 0 Å². The van der Waals surface area contributed by atoms with E-state index in [0.29, 0.717) is 16.7 Å². The highest BCUT2D eigenvalue weighted by atomic mass is 35.5. The molecular formula is C30H29ClN4O2S. The first-order valence-corrected chi connectivity index (χ1v) is 13.5. The number of aromatic nitrogens is 1. The number of pyridine rings is 1. The Balaban J connectivity index is 1.41. The largest absolute Gasteiger partial charge is 0.459 e.